The Morgan fingerprint density at radius 2 is 2.13 bits per heavy atom. The van der Waals surface area contributed by atoms with Crippen LogP contribution in [-0.2, 0) is 9.53 Å². The molecule has 0 saturated carbocycles. The fourth-order valence-electron chi connectivity index (χ4n) is 3.30. The second kappa shape index (κ2) is 5.24. The number of Topliss-reactive ketones (excluding diaryl/α,β-unsaturated/α-hetero) is 1. The first-order chi connectivity index (χ1) is 10.8. The molecule has 1 atom stereocenters. The predicted molar refractivity (Wildman–Crippen MR) is 82.1 cm³/mol. The molecule has 0 aromatic heterocycles. The summed E-state index contributed by atoms with van der Waals surface area (Å²) in [6.45, 7) is 3.96. The number of hydrogen-bond donors (Lipinski definition) is 1. The number of nitrogens with zero attached hydrogens (tertiary/aromatic N) is 1. The van der Waals surface area contributed by atoms with Crippen molar-refractivity contribution in [1.29, 1.82) is 5.26 Å². The second-order valence-corrected chi connectivity index (χ2v) is 6.76. The summed E-state index contributed by atoms with van der Waals surface area (Å²) < 4.78 is 19.2. The highest BCUT2D eigenvalue weighted by molar-refractivity contribution is 6.00. The highest BCUT2D eigenvalue weighted by atomic mass is 19.1. The smallest absolute Gasteiger partial charge is 0.205 e. The average molecular weight is 312 g/mol. The summed E-state index contributed by atoms with van der Waals surface area (Å²) in [4.78, 5) is 12.7. The van der Waals surface area contributed by atoms with Gasteiger partial charge in [-0.25, -0.2) is 4.39 Å². The molecule has 118 valence electrons. The molecule has 0 bridgehead atoms. The Bertz CT molecular complexity index is 799. The molecule has 0 radical (unpaired) electrons. The predicted octanol–water partition coefficient (Wildman–Crippen LogP) is 3.28. The van der Waals surface area contributed by atoms with Crippen LogP contribution in [0.2, 0.25) is 0 Å². The van der Waals surface area contributed by atoms with Crippen molar-refractivity contribution >= 4 is 5.78 Å². The number of nitriles is 1. The van der Waals surface area contributed by atoms with Crippen molar-refractivity contribution < 1.29 is 13.9 Å². The molecule has 0 spiro atoms. The highest BCUT2D eigenvalue weighted by Gasteiger charge is 2.42. The fraction of sp³-hybridized carbons (Fsp3) is 0.333. The van der Waals surface area contributed by atoms with Gasteiger partial charge >= 0.3 is 0 Å². The monoisotopic (exact) mass is 312 g/mol. The first-order valence-corrected chi connectivity index (χ1v) is 7.42. The minimum atomic E-state index is -0.664. The van der Waals surface area contributed by atoms with Crippen molar-refractivity contribution in [1.82, 2.24) is 0 Å². The van der Waals surface area contributed by atoms with Gasteiger partial charge in [0.2, 0.25) is 5.88 Å². The van der Waals surface area contributed by atoms with Crippen molar-refractivity contribution in [2.24, 2.45) is 11.1 Å². The molecule has 2 aliphatic rings. The van der Waals surface area contributed by atoms with Crippen molar-refractivity contribution in [3.05, 3.63) is 58.4 Å². The van der Waals surface area contributed by atoms with Gasteiger partial charge in [-0.3, -0.25) is 4.79 Å². The van der Waals surface area contributed by atoms with E-state index in [1.807, 2.05) is 19.9 Å². The number of nitrogens with two attached hydrogens (primary N) is 1. The van der Waals surface area contributed by atoms with Gasteiger partial charge in [-0.1, -0.05) is 26.0 Å². The van der Waals surface area contributed by atoms with Crippen LogP contribution in [0.25, 0.3) is 0 Å². The lowest BCUT2D eigenvalue weighted by molar-refractivity contribution is -0.119. The summed E-state index contributed by atoms with van der Waals surface area (Å²) in [6, 6.07) is 7.92. The van der Waals surface area contributed by atoms with Crippen LogP contribution >= 0.6 is 0 Å². The van der Waals surface area contributed by atoms with E-state index < -0.39 is 11.7 Å². The van der Waals surface area contributed by atoms with E-state index in [1.165, 1.54) is 12.1 Å². The normalized spacial score (nSPS) is 23.2. The van der Waals surface area contributed by atoms with Gasteiger partial charge in [-0.15, -0.1) is 0 Å². The Morgan fingerprint density at radius 3 is 2.78 bits per heavy atom. The highest BCUT2D eigenvalue weighted by Crippen LogP contribution is 2.47. The van der Waals surface area contributed by atoms with Crippen LogP contribution in [0, 0.1) is 22.6 Å². The number of hydrogen-bond acceptors (Lipinski definition) is 4. The first kappa shape index (κ1) is 15.3. The molecule has 1 heterocycles. The zero-order valence-corrected chi connectivity index (χ0v) is 13.0. The molecule has 1 aliphatic heterocycles. The van der Waals surface area contributed by atoms with Crippen LogP contribution in [0.3, 0.4) is 0 Å². The molecule has 0 unspecified atom stereocenters. The molecule has 1 aliphatic carbocycles. The third kappa shape index (κ3) is 2.61. The average Bonchev–Trinajstić information content (AvgIpc) is 2.44. The third-order valence-electron chi connectivity index (χ3n) is 4.26. The summed E-state index contributed by atoms with van der Waals surface area (Å²) in [5.74, 6) is -0.674. The summed E-state index contributed by atoms with van der Waals surface area (Å²) >= 11 is 0. The largest absolute Gasteiger partial charge is 0.444 e. The Morgan fingerprint density at radius 1 is 1.39 bits per heavy atom. The molecule has 2 N–H and O–H groups in total. The van der Waals surface area contributed by atoms with Gasteiger partial charge in [-0.2, -0.15) is 5.26 Å². The standard InChI is InChI=1S/C18H17FN2O2/c1-18(2)7-13(22)16-14(8-18)23-17(21)12(9-20)15(16)10-4-3-5-11(19)6-10/h3-6,15H,7-8,21H2,1-2H3/t15-/m0/s1. The summed E-state index contributed by atoms with van der Waals surface area (Å²) in [5, 5.41) is 9.45. The zero-order valence-electron chi connectivity index (χ0n) is 13.0. The topological polar surface area (TPSA) is 76.1 Å². The summed E-state index contributed by atoms with van der Waals surface area (Å²) in [6.07, 6.45) is 0.916. The van der Waals surface area contributed by atoms with Gasteiger partial charge in [0.05, 0.1) is 5.92 Å². The lowest BCUT2D eigenvalue weighted by Crippen LogP contribution is -2.33. The van der Waals surface area contributed by atoms with Crippen LogP contribution in [-0.4, -0.2) is 5.78 Å². The summed E-state index contributed by atoms with van der Waals surface area (Å²) in [7, 11) is 0. The molecule has 0 fully saturated rings. The quantitative estimate of drug-likeness (QED) is 0.863. The van der Waals surface area contributed by atoms with E-state index in [1.54, 1.807) is 12.1 Å². The molecule has 23 heavy (non-hydrogen) atoms. The Hall–Kier alpha value is -2.61. The van der Waals surface area contributed by atoms with E-state index in [9.17, 15) is 14.4 Å². The maximum atomic E-state index is 13.6. The maximum absolute atomic E-state index is 13.6. The fourth-order valence-corrected chi connectivity index (χ4v) is 3.30. The molecule has 1 aromatic carbocycles. The Kier molecular flexibility index (Phi) is 3.48. The van der Waals surface area contributed by atoms with Crippen LogP contribution in [0.15, 0.2) is 47.1 Å². The Labute approximate surface area is 134 Å². The van der Waals surface area contributed by atoms with E-state index in [4.69, 9.17) is 10.5 Å². The van der Waals surface area contributed by atoms with Gasteiger partial charge in [-0.05, 0) is 23.1 Å². The Balaban J connectivity index is 2.19. The zero-order chi connectivity index (χ0) is 16.8. The molecule has 0 amide bonds. The van der Waals surface area contributed by atoms with Crippen molar-refractivity contribution in [3.8, 4) is 6.07 Å². The van der Waals surface area contributed by atoms with Crippen LogP contribution < -0.4 is 5.73 Å². The number of carbonyl (C=O) groups excluding carboxylic acids is 1. The minimum Gasteiger partial charge on any atom is -0.444 e. The third-order valence-corrected chi connectivity index (χ3v) is 4.26. The van der Waals surface area contributed by atoms with E-state index in [-0.39, 0.29) is 22.7 Å². The molecule has 3 rings (SSSR count). The number of allylic oxidation sites excluding steroid dienone is 3. The van der Waals surface area contributed by atoms with Gasteiger partial charge in [0, 0.05) is 18.4 Å². The van der Waals surface area contributed by atoms with E-state index in [0.717, 1.165) is 0 Å². The lowest BCUT2D eigenvalue weighted by Gasteiger charge is -2.37. The number of rotatable bonds is 1. The summed E-state index contributed by atoms with van der Waals surface area (Å²) in [5.41, 5.74) is 6.78. The molecule has 4 nitrogen and oxygen atoms in total. The molecule has 1 aromatic rings. The number of ketones is 1. The number of halogens is 1. The van der Waals surface area contributed by atoms with Crippen molar-refractivity contribution in [2.75, 3.05) is 0 Å². The van der Waals surface area contributed by atoms with E-state index in [0.29, 0.717) is 29.7 Å². The number of carbonyl (C=O) groups is 1. The maximum Gasteiger partial charge on any atom is 0.205 e. The molecule has 0 saturated heterocycles. The second-order valence-electron chi connectivity index (χ2n) is 6.76. The van der Waals surface area contributed by atoms with Gasteiger partial charge in [0.15, 0.2) is 5.78 Å². The van der Waals surface area contributed by atoms with E-state index >= 15 is 0 Å². The van der Waals surface area contributed by atoms with Crippen LogP contribution in [0.1, 0.15) is 38.2 Å². The number of benzene rings is 1. The minimum absolute atomic E-state index is 0.00832. The van der Waals surface area contributed by atoms with Crippen LogP contribution in [0.5, 0.6) is 0 Å². The van der Waals surface area contributed by atoms with Crippen LogP contribution in [0.4, 0.5) is 4.39 Å². The van der Waals surface area contributed by atoms with Crippen molar-refractivity contribution in [2.45, 2.75) is 32.6 Å². The molecular formula is C18H17FN2O2. The van der Waals surface area contributed by atoms with Gasteiger partial charge in [0.1, 0.15) is 23.2 Å². The van der Waals surface area contributed by atoms with E-state index in [2.05, 4.69) is 0 Å². The van der Waals surface area contributed by atoms with Crippen molar-refractivity contribution in [3.63, 3.8) is 0 Å². The van der Waals surface area contributed by atoms with Gasteiger partial charge in [0.25, 0.3) is 0 Å². The molecular weight excluding hydrogens is 295 g/mol. The SMILES string of the molecule is CC1(C)CC(=O)C2=C(C1)OC(N)=C(C#N)[C@@H]2c1cccc(F)c1. The lowest BCUT2D eigenvalue weighted by atomic mass is 9.70. The first-order valence-electron chi connectivity index (χ1n) is 7.42. The molecule has 5 heteroatoms. The van der Waals surface area contributed by atoms with Gasteiger partial charge < -0.3 is 10.5 Å². The number of ether oxygens (including phenoxy) is 1.